The number of hydrogen-bond acceptors (Lipinski definition) is 5. The van der Waals surface area contributed by atoms with Crippen molar-refractivity contribution in [3.63, 3.8) is 0 Å². The lowest BCUT2D eigenvalue weighted by molar-refractivity contribution is -0.0861. The summed E-state index contributed by atoms with van der Waals surface area (Å²) < 4.78 is 16.5. The van der Waals surface area contributed by atoms with Crippen LogP contribution in [0.2, 0.25) is 0 Å². The second-order valence-electron chi connectivity index (χ2n) is 7.97. The van der Waals surface area contributed by atoms with E-state index in [1.807, 2.05) is 32.9 Å². The average molecular weight is 361 g/mol. The average Bonchev–Trinajstić information content (AvgIpc) is 2.58. The van der Waals surface area contributed by atoms with E-state index in [1.165, 1.54) is 0 Å². The molecule has 2 atom stereocenters. The number of methoxy groups -OCH3 is 1. The summed E-state index contributed by atoms with van der Waals surface area (Å²) in [5, 5.41) is 0. The van der Waals surface area contributed by atoms with Crippen LogP contribution in [0.3, 0.4) is 0 Å². The Labute approximate surface area is 154 Å². The standard InChI is InChI=1S/C20H27NO5/c1-20(2,3)26-19(23)21-14-9-13(10-15(21)12-25-11-14)18(22)16-7-5-6-8-17(16)24-4/h5-8,13-15H,9-12H2,1-4H3. The smallest absolute Gasteiger partial charge is 0.410 e. The van der Waals surface area contributed by atoms with Gasteiger partial charge in [0.05, 0.1) is 38.0 Å². The van der Waals surface area contributed by atoms with Crippen LogP contribution in [0.25, 0.3) is 0 Å². The number of ether oxygens (including phenoxy) is 3. The Bertz CT molecular complexity index is 667. The number of carbonyl (C=O) groups is 2. The molecule has 0 N–H and O–H groups in total. The second kappa shape index (κ2) is 7.27. The first-order valence-corrected chi connectivity index (χ1v) is 9.06. The number of morpholine rings is 1. The van der Waals surface area contributed by atoms with E-state index in [0.29, 0.717) is 37.4 Å². The van der Waals surface area contributed by atoms with Crippen LogP contribution in [0.1, 0.15) is 44.0 Å². The van der Waals surface area contributed by atoms with Crippen LogP contribution in [0.15, 0.2) is 24.3 Å². The van der Waals surface area contributed by atoms with E-state index in [2.05, 4.69) is 0 Å². The lowest BCUT2D eigenvalue weighted by Crippen LogP contribution is -2.60. The molecule has 0 spiro atoms. The summed E-state index contributed by atoms with van der Waals surface area (Å²) in [5.41, 5.74) is 0.0563. The van der Waals surface area contributed by atoms with Gasteiger partial charge in [-0.05, 0) is 45.7 Å². The molecule has 2 saturated heterocycles. The Morgan fingerprint density at radius 3 is 2.31 bits per heavy atom. The largest absolute Gasteiger partial charge is 0.496 e. The van der Waals surface area contributed by atoms with Crippen LogP contribution in [0, 0.1) is 5.92 Å². The third-order valence-corrected chi connectivity index (χ3v) is 4.87. The summed E-state index contributed by atoms with van der Waals surface area (Å²) in [4.78, 5) is 27.5. The van der Waals surface area contributed by atoms with Gasteiger partial charge >= 0.3 is 6.09 Å². The van der Waals surface area contributed by atoms with Crippen LogP contribution in [-0.2, 0) is 9.47 Å². The Morgan fingerprint density at radius 2 is 1.73 bits per heavy atom. The van der Waals surface area contributed by atoms with Crippen molar-refractivity contribution >= 4 is 11.9 Å². The number of fused-ring (bicyclic) bond motifs is 2. The molecule has 0 radical (unpaired) electrons. The molecule has 1 aromatic carbocycles. The summed E-state index contributed by atoms with van der Waals surface area (Å²) in [7, 11) is 1.57. The Balaban J connectivity index is 1.77. The minimum Gasteiger partial charge on any atom is -0.496 e. The number of rotatable bonds is 3. The molecule has 6 nitrogen and oxygen atoms in total. The van der Waals surface area contributed by atoms with Crippen molar-refractivity contribution in [2.24, 2.45) is 5.92 Å². The highest BCUT2D eigenvalue weighted by molar-refractivity contribution is 6.00. The maximum atomic E-state index is 13.1. The molecule has 1 aromatic rings. The van der Waals surface area contributed by atoms with Gasteiger partial charge in [-0.25, -0.2) is 4.79 Å². The molecular weight excluding hydrogens is 334 g/mol. The second-order valence-corrected chi connectivity index (χ2v) is 7.97. The first-order chi connectivity index (χ1) is 12.3. The Morgan fingerprint density at radius 1 is 1.12 bits per heavy atom. The third-order valence-electron chi connectivity index (χ3n) is 4.87. The number of Topliss-reactive ketones (excluding diaryl/α,β-unsaturated/α-hetero) is 1. The quantitative estimate of drug-likeness (QED) is 0.773. The molecule has 1 amide bonds. The maximum Gasteiger partial charge on any atom is 0.410 e. The van der Waals surface area contributed by atoms with Gasteiger partial charge in [0.2, 0.25) is 0 Å². The van der Waals surface area contributed by atoms with Crippen LogP contribution < -0.4 is 4.74 Å². The summed E-state index contributed by atoms with van der Waals surface area (Å²) in [5.74, 6) is 0.514. The summed E-state index contributed by atoms with van der Waals surface area (Å²) in [6.45, 7) is 6.44. The van der Waals surface area contributed by atoms with Gasteiger partial charge in [0.1, 0.15) is 11.4 Å². The summed E-state index contributed by atoms with van der Waals surface area (Å²) in [6, 6.07) is 7.02. The molecule has 6 heteroatoms. The highest BCUT2D eigenvalue weighted by Gasteiger charge is 2.45. The van der Waals surface area contributed by atoms with Crippen LogP contribution in [-0.4, -0.2) is 54.8 Å². The molecule has 0 aliphatic carbocycles. The first kappa shape index (κ1) is 18.7. The van der Waals surface area contributed by atoms with Gasteiger partial charge in [-0.15, -0.1) is 0 Å². The van der Waals surface area contributed by atoms with E-state index in [0.717, 1.165) is 0 Å². The van der Waals surface area contributed by atoms with E-state index < -0.39 is 5.60 Å². The number of amides is 1. The number of nitrogens with zero attached hydrogens (tertiary/aromatic N) is 1. The third kappa shape index (κ3) is 3.85. The summed E-state index contributed by atoms with van der Waals surface area (Å²) in [6.07, 6.45) is 0.832. The molecule has 26 heavy (non-hydrogen) atoms. The van der Waals surface area contributed by atoms with Gasteiger partial charge in [-0.3, -0.25) is 9.69 Å². The maximum absolute atomic E-state index is 13.1. The summed E-state index contributed by atoms with van der Waals surface area (Å²) >= 11 is 0. The zero-order valence-electron chi connectivity index (χ0n) is 15.9. The van der Waals surface area contributed by atoms with Crippen molar-refractivity contribution in [2.75, 3.05) is 20.3 Å². The van der Waals surface area contributed by atoms with Crippen LogP contribution in [0.5, 0.6) is 5.75 Å². The van der Waals surface area contributed by atoms with Gasteiger partial charge in [-0.2, -0.15) is 0 Å². The Kier molecular flexibility index (Phi) is 5.23. The molecule has 0 saturated carbocycles. The van der Waals surface area contributed by atoms with E-state index in [1.54, 1.807) is 24.1 Å². The molecule has 2 unspecified atom stereocenters. The van der Waals surface area contributed by atoms with Crippen molar-refractivity contribution < 1.29 is 23.8 Å². The van der Waals surface area contributed by atoms with Gasteiger partial charge in [0, 0.05) is 5.92 Å². The number of piperidine rings is 1. The first-order valence-electron chi connectivity index (χ1n) is 9.06. The van der Waals surface area contributed by atoms with Gasteiger partial charge in [-0.1, -0.05) is 12.1 Å². The normalized spacial score (nSPS) is 25.5. The molecule has 2 bridgehead atoms. The minimum absolute atomic E-state index is 0.0724. The number of hydrogen-bond donors (Lipinski definition) is 0. The van der Waals surface area contributed by atoms with E-state index in [4.69, 9.17) is 14.2 Å². The molecule has 2 aliphatic heterocycles. The molecule has 3 rings (SSSR count). The number of para-hydroxylation sites is 1. The molecular formula is C20H27NO5. The van der Waals surface area contributed by atoms with Crippen molar-refractivity contribution in [3.05, 3.63) is 29.8 Å². The Hall–Kier alpha value is -2.08. The minimum atomic E-state index is -0.545. The van der Waals surface area contributed by atoms with Crippen molar-refractivity contribution in [3.8, 4) is 5.75 Å². The predicted molar refractivity (Wildman–Crippen MR) is 96.5 cm³/mol. The fourth-order valence-corrected chi connectivity index (χ4v) is 3.81. The van der Waals surface area contributed by atoms with E-state index >= 15 is 0 Å². The fraction of sp³-hybridized carbons (Fsp3) is 0.600. The van der Waals surface area contributed by atoms with Gasteiger partial charge in [0.25, 0.3) is 0 Å². The highest BCUT2D eigenvalue weighted by Crippen LogP contribution is 2.35. The lowest BCUT2D eigenvalue weighted by atomic mass is 9.80. The highest BCUT2D eigenvalue weighted by atomic mass is 16.6. The monoisotopic (exact) mass is 361 g/mol. The van der Waals surface area contributed by atoms with Crippen molar-refractivity contribution in [2.45, 2.75) is 51.3 Å². The topological polar surface area (TPSA) is 65.1 Å². The zero-order chi connectivity index (χ0) is 18.9. The van der Waals surface area contributed by atoms with Crippen LogP contribution >= 0.6 is 0 Å². The predicted octanol–water partition coefficient (Wildman–Crippen LogP) is 3.29. The SMILES string of the molecule is COc1ccccc1C(=O)C1CC2COCC(C1)N2C(=O)OC(C)(C)C. The lowest BCUT2D eigenvalue weighted by Gasteiger charge is -2.47. The number of ketones is 1. The van der Waals surface area contributed by atoms with Crippen molar-refractivity contribution in [1.82, 2.24) is 4.90 Å². The van der Waals surface area contributed by atoms with Crippen LogP contribution in [0.4, 0.5) is 4.79 Å². The van der Waals surface area contributed by atoms with E-state index in [9.17, 15) is 9.59 Å². The number of benzene rings is 1. The molecule has 142 valence electrons. The molecule has 2 fully saturated rings. The van der Waals surface area contributed by atoms with E-state index in [-0.39, 0.29) is 29.9 Å². The van der Waals surface area contributed by atoms with Crippen molar-refractivity contribution in [1.29, 1.82) is 0 Å². The number of carbonyl (C=O) groups excluding carboxylic acids is 2. The molecule has 2 aliphatic rings. The molecule has 0 aromatic heterocycles. The van der Waals surface area contributed by atoms with Gasteiger partial charge in [0.15, 0.2) is 5.78 Å². The molecule has 2 heterocycles. The van der Waals surface area contributed by atoms with Gasteiger partial charge < -0.3 is 14.2 Å². The fourth-order valence-electron chi connectivity index (χ4n) is 3.81. The zero-order valence-corrected chi connectivity index (χ0v) is 15.9.